The largest absolute Gasteiger partial charge is 0.408 e. The highest BCUT2D eigenvalue weighted by Gasteiger charge is 2.06. The quantitative estimate of drug-likeness (QED) is 0.402. The second-order valence-electron chi connectivity index (χ2n) is 4.29. The van der Waals surface area contributed by atoms with Gasteiger partial charge in [0.25, 0.3) is 0 Å². The van der Waals surface area contributed by atoms with Crippen molar-refractivity contribution in [2.75, 3.05) is 0 Å². The predicted octanol–water partition coefficient (Wildman–Crippen LogP) is 2.64. The summed E-state index contributed by atoms with van der Waals surface area (Å²) in [5, 5.41) is 5.00. The number of esters is 1. The van der Waals surface area contributed by atoms with Gasteiger partial charge in [-0.15, -0.1) is 0 Å². The van der Waals surface area contributed by atoms with E-state index in [0.717, 1.165) is 16.6 Å². The van der Waals surface area contributed by atoms with E-state index in [2.05, 4.69) is 10.5 Å². The Hall–Kier alpha value is -2.56. The van der Waals surface area contributed by atoms with E-state index < -0.39 is 5.97 Å². The number of carbonyl (C=O) groups excluding carboxylic acids is 1. The fourth-order valence-electron chi connectivity index (χ4n) is 1.95. The lowest BCUT2D eigenvalue weighted by molar-refractivity contribution is -0.137. The Bertz CT molecular complexity index is 683. The number of carbonyl (C=O) groups is 1. The van der Waals surface area contributed by atoms with Crippen molar-refractivity contribution in [1.29, 1.82) is 0 Å². The van der Waals surface area contributed by atoms with Crippen LogP contribution in [0, 0.1) is 0 Å². The summed E-state index contributed by atoms with van der Waals surface area (Å²) in [5.74, 6) is -0.102. The van der Waals surface area contributed by atoms with Gasteiger partial charge in [0.15, 0.2) is 0 Å². The zero-order chi connectivity index (χ0) is 14.5. The van der Waals surface area contributed by atoms with Gasteiger partial charge in [0.1, 0.15) is 0 Å². The molecule has 0 aliphatic heterocycles. The number of benzene rings is 1. The lowest BCUT2D eigenvalue weighted by Crippen LogP contribution is -2.12. The highest BCUT2D eigenvalue weighted by Crippen LogP contribution is 2.20. The van der Waals surface area contributed by atoms with E-state index in [-0.39, 0.29) is 0 Å². The monoisotopic (exact) mass is 271 g/mol. The van der Waals surface area contributed by atoms with Crippen LogP contribution >= 0.6 is 0 Å². The van der Waals surface area contributed by atoms with Crippen LogP contribution in [0.5, 0.6) is 0 Å². The number of hydrazone groups is 1. The first-order valence-corrected chi connectivity index (χ1v) is 6.30. The molecule has 0 saturated carbocycles. The lowest BCUT2D eigenvalue weighted by Gasteiger charge is -2.06. The van der Waals surface area contributed by atoms with Crippen molar-refractivity contribution in [1.82, 2.24) is 9.99 Å². The Kier molecular flexibility index (Phi) is 4.20. The number of hydrogen-bond acceptors (Lipinski definition) is 4. The number of hydrogen-bond donors (Lipinski definition) is 1. The van der Waals surface area contributed by atoms with Crippen molar-refractivity contribution in [2.24, 2.45) is 12.1 Å². The van der Waals surface area contributed by atoms with Crippen molar-refractivity contribution in [3.63, 3.8) is 0 Å². The molecule has 5 heteroatoms. The Morgan fingerprint density at radius 3 is 2.80 bits per heavy atom. The first kappa shape index (κ1) is 13.9. The van der Waals surface area contributed by atoms with Crippen molar-refractivity contribution in [3.05, 3.63) is 41.9 Å². The zero-order valence-electron chi connectivity index (χ0n) is 11.8. The van der Waals surface area contributed by atoms with Crippen molar-refractivity contribution >= 4 is 29.2 Å². The van der Waals surface area contributed by atoms with Crippen molar-refractivity contribution < 1.29 is 9.53 Å². The third-order valence-electron chi connectivity index (χ3n) is 2.83. The van der Waals surface area contributed by atoms with Crippen molar-refractivity contribution in [2.45, 2.75) is 13.8 Å². The van der Waals surface area contributed by atoms with Crippen LogP contribution in [-0.4, -0.2) is 16.8 Å². The minimum absolute atomic E-state index is 0.293. The van der Waals surface area contributed by atoms with Gasteiger partial charge < -0.3 is 9.30 Å². The minimum atomic E-state index is -0.395. The number of aromatic nitrogens is 1. The van der Waals surface area contributed by atoms with E-state index in [1.807, 2.05) is 41.9 Å². The van der Waals surface area contributed by atoms with Crippen LogP contribution in [0.4, 0.5) is 0 Å². The van der Waals surface area contributed by atoms with Gasteiger partial charge in [-0.1, -0.05) is 18.2 Å². The molecule has 0 atom stereocenters. The first-order valence-electron chi connectivity index (χ1n) is 6.30. The van der Waals surface area contributed by atoms with Crippen LogP contribution in [0.1, 0.15) is 19.5 Å². The van der Waals surface area contributed by atoms with E-state index in [0.29, 0.717) is 5.88 Å². The summed E-state index contributed by atoms with van der Waals surface area (Å²) in [5.41, 5.74) is 4.72. The molecule has 0 bridgehead atoms. The van der Waals surface area contributed by atoms with Gasteiger partial charge in [0.05, 0.1) is 0 Å². The third-order valence-corrected chi connectivity index (χ3v) is 2.83. The average Bonchev–Trinajstić information content (AvgIpc) is 2.73. The molecule has 5 nitrogen and oxygen atoms in total. The number of nitrogens with zero attached hydrogens (tertiary/aromatic N) is 2. The van der Waals surface area contributed by atoms with Gasteiger partial charge in [-0.3, -0.25) is 4.79 Å². The molecule has 0 unspecified atom stereocenters. The molecule has 0 aliphatic carbocycles. The number of para-hydroxylation sites is 1. The fraction of sp³-hybridized carbons (Fsp3) is 0.200. The number of aryl methyl sites for hydroxylation is 1. The molecular formula is C15H17N3O2. The molecule has 20 heavy (non-hydrogen) atoms. The molecule has 0 saturated heterocycles. The Morgan fingerprint density at radius 1 is 1.40 bits per heavy atom. The molecule has 0 amide bonds. The predicted molar refractivity (Wildman–Crippen MR) is 80.0 cm³/mol. The smallest absolute Gasteiger partial charge is 0.309 e. The van der Waals surface area contributed by atoms with Crippen LogP contribution < -0.4 is 5.43 Å². The summed E-state index contributed by atoms with van der Waals surface area (Å²) in [6.07, 6.45) is 3.33. The second-order valence-corrected chi connectivity index (χ2v) is 4.29. The van der Waals surface area contributed by atoms with E-state index in [4.69, 9.17) is 4.74 Å². The van der Waals surface area contributed by atoms with Crippen LogP contribution in [0.15, 0.2) is 41.3 Å². The van der Waals surface area contributed by atoms with Crippen LogP contribution in [0.25, 0.3) is 17.0 Å². The molecule has 1 heterocycles. The zero-order valence-corrected chi connectivity index (χ0v) is 11.8. The third kappa shape index (κ3) is 3.06. The van der Waals surface area contributed by atoms with E-state index in [9.17, 15) is 4.79 Å². The maximum absolute atomic E-state index is 11.1. The van der Waals surface area contributed by atoms with Gasteiger partial charge in [-0.05, 0) is 19.1 Å². The summed E-state index contributed by atoms with van der Waals surface area (Å²) < 4.78 is 7.12. The van der Waals surface area contributed by atoms with E-state index >= 15 is 0 Å². The van der Waals surface area contributed by atoms with Crippen LogP contribution in [-0.2, 0) is 16.6 Å². The molecule has 0 fully saturated rings. The fourth-order valence-corrected chi connectivity index (χ4v) is 1.95. The summed E-state index contributed by atoms with van der Waals surface area (Å²) in [7, 11) is 1.96. The summed E-state index contributed by atoms with van der Waals surface area (Å²) in [4.78, 5) is 11.1. The molecule has 2 aromatic rings. The maximum atomic E-state index is 11.1. The van der Waals surface area contributed by atoms with Crippen molar-refractivity contribution in [3.8, 4) is 0 Å². The molecule has 0 spiro atoms. The molecule has 1 aromatic heterocycles. The summed E-state index contributed by atoms with van der Waals surface area (Å²) >= 11 is 0. The molecule has 0 radical (unpaired) electrons. The molecule has 104 valence electrons. The summed E-state index contributed by atoms with van der Waals surface area (Å²) in [6.45, 7) is 3.13. The molecular weight excluding hydrogens is 254 g/mol. The second kappa shape index (κ2) is 6.06. The highest BCUT2D eigenvalue weighted by atomic mass is 16.5. The Labute approximate surface area is 117 Å². The van der Waals surface area contributed by atoms with E-state index in [1.165, 1.54) is 6.92 Å². The number of ether oxygens (including phenoxy) is 1. The standard InChI is InChI=1S/C15H17N3O2/c1-4-16-17-15(20-11(2)19)10-13-9-12-7-5-6-8-14(12)18(13)3/h4-10,17H,1-3H3/b15-10-,16-4-. The molecule has 1 aromatic carbocycles. The van der Waals surface area contributed by atoms with Crippen LogP contribution in [0.3, 0.4) is 0 Å². The lowest BCUT2D eigenvalue weighted by atomic mass is 10.2. The number of nitrogens with one attached hydrogen (secondary N) is 1. The van der Waals surface area contributed by atoms with Crippen LogP contribution in [0.2, 0.25) is 0 Å². The topological polar surface area (TPSA) is 55.6 Å². The normalized spacial score (nSPS) is 12.1. The average molecular weight is 271 g/mol. The number of fused-ring (bicyclic) bond motifs is 1. The Balaban J connectivity index is 2.41. The molecule has 2 rings (SSSR count). The number of rotatable bonds is 4. The van der Waals surface area contributed by atoms with Gasteiger partial charge in [0.2, 0.25) is 5.88 Å². The Morgan fingerprint density at radius 2 is 2.15 bits per heavy atom. The minimum Gasteiger partial charge on any atom is -0.408 e. The van der Waals surface area contributed by atoms with Gasteiger partial charge in [-0.2, -0.15) is 5.10 Å². The van der Waals surface area contributed by atoms with Gasteiger partial charge >= 0.3 is 5.97 Å². The van der Waals surface area contributed by atoms with E-state index in [1.54, 1.807) is 19.2 Å². The molecule has 0 aliphatic rings. The maximum Gasteiger partial charge on any atom is 0.309 e. The molecule has 1 N–H and O–H groups in total. The van der Waals surface area contributed by atoms with Gasteiger partial charge in [0, 0.05) is 42.9 Å². The van der Waals surface area contributed by atoms with Gasteiger partial charge in [-0.25, -0.2) is 5.43 Å². The summed E-state index contributed by atoms with van der Waals surface area (Å²) in [6, 6.07) is 10.1. The SMILES string of the molecule is C/C=N\N/C(=C/c1cc2ccccc2n1C)OC(C)=O. The highest BCUT2D eigenvalue weighted by molar-refractivity contribution is 5.83. The first-order chi connectivity index (χ1) is 9.61.